The third kappa shape index (κ3) is 9.07. The van der Waals surface area contributed by atoms with Crippen molar-refractivity contribution in [2.75, 3.05) is 44.4 Å². The second-order valence-corrected chi connectivity index (χ2v) is 20.3. The van der Waals surface area contributed by atoms with Crippen LogP contribution in [0.4, 0.5) is 14.9 Å². The highest BCUT2D eigenvalue weighted by atomic mass is 32.2. The number of hydrogen-bond acceptors (Lipinski definition) is 11. The third-order valence-corrected chi connectivity index (χ3v) is 14.8. The number of alkyl carbamates (subject to hydrolysis) is 1. The highest BCUT2D eigenvalue weighted by Gasteiger charge is 2.64. The molecule has 3 N–H and O–H groups in total. The van der Waals surface area contributed by atoms with Crippen LogP contribution in [-0.2, 0) is 33.9 Å². The Kier molecular flexibility index (Phi) is 12.4. The van der Waals surface area contributed by atoms with Crippen LogP contribution in [0.1, 0.15) is 86.0 Å². The number of morpholine rings is 1. The molecule has 60 heavy (non-hydrogen) atoms. The number of amides is 4. The largest absolute Gasteiger partial charge is 0.472 e. The number of carbonyl (C=O) groups excluding carboxylic acids is 4. The summed E-state index contributed by atoms with van der Waals surface area (Å²) in [5, 5.41) is 7.39. The van der Waals surface area contributed by atoms with Crippen molar-refractivity contribution >= 4 is 50.3 Å². The number of anilines is 1. The van der Waals surface area contributed by atoms with Crippen LogP contribution in [-0.4, -0.2) is 116 Å². The lowest BCUT2D eigenvalue weighted by Gasteiger charge is -2.34. The lowest BCUT2D eigenvalue weighted by molar-refractivity contribution is -0.142. The molecule has 2 aromatic rings. The van der Waals surface area contributed by atoms with E-state index in [1.807, 2.05) is 43.3 Å². The van der Waals surface area contributed by atoms with E-state index in [1.165, 1.54) is 4.90 Å². The molecule has 4 amide bonds. The zero-order valence-electron chi connectivity index (χ0n) is 35.2. The average molecular weight is 855 g/mol. The first-order valence-corrected chi connectivity index (χ1v) is 22.8. The van der Waals surface area contributed by atoms with Crippen molar-refractivity contribution in [2.45, 2.75) is 120 Å². The van der Waals surface area contributed by atoms with Gasteiger partial charge in [0.1, 0.15) is 40.7 Å². The molecular weight excluding hydrogens is 796 g/mol. The summed E-state index contributed by atoms with van der Waals surface area (Å²) in [5.41, 5.74) is -1.56. The number of sulfonamides is 1. The van der Waals surface area contributed by atoms with E-state index >= 15 is 4.79 Å². The SMILES string of the molecule is CC[C@@H]1C[C@@H](C)CC/C=C\[C@@H]2C[C@@]2(C(=O)NS(=O)(=O)C2(CF)CC2)NC(=O)[C@@H]2C[C@@H](Oc3ncc(N4CCOCC4)c4ccccc34)CN2C(=O)[C@H]1NC(=O)OC(C)(C)C. The minimum absolute atomic E-state index is 0.00656. The number of alkyl halides is 1. The average Bonchev–Trinajstić information content (AvgIpc) is 4.12. The molecule has 7 atom stereocenters. The lowest BCUT2D eigenvalue weighted by Crippen LogP contribution is -2.59. The molecule has 3 aliphatic heterocycles. The number of benzene rings is 1. The van der Waals surface area contributed by atoms with E-state index in [4.69, 9.17) is 19.2 Å². The van der Waals surface area contributed by atoms with Gasteiger partial charge in [0.15, 0.2) is 0 Å². The molecular formula is C43H59FN6O9S. The predicted octanol–water partition coefficient (Wildman–Crippen LogP) is 4.54. The monoisotopic (exact) mass is 854 g/mol. The zero-order valence-corrected chi connectivity index (χ0v) is 36.0. The van der Waals surface area contributed by atoms with Gasteiger partial charge in [-0.05, 0) is 77.2 Å². The number of nitrogens with one attached hydrogen (secondary N) is 3. The van der Waals surface area contributed by atoms with Crippen LogP contribution in [0, 0.1) is 17.8 Å². The van der Waals surface area contributed by atoms with Gasteiger partial charge in [0.05, 0.1) is 31.6 Å². The maximum absolute atomic E-state index is 15.0. The van der Waals surface area contributed by atoms with Gasteiger partial charge >= 0.3 is 6.09 Å². The van der Waals surface area contributed by atoms with Crippen molar-refractivity contribution in [1.29, 1.82) is 0 Å². The minimum Gasteiger partial charge on any atom is -0.472 e. The summed E-state index contributed by atoms with van der Waals surface area (Å²) in [6, 6.07) is 5.48. The minimum atomic E-state index is -4.39. The van der Waals surface area contributed by atoms with E-state index in [2.05, 4.69) is 27.2 Å². The molecule has 0 bridgehead atoms. The smallest absolute Gasteiger partial charge is 0.408 e. The van der Waals surface area contributed by atoms with Gasteiger partial charge in [0.2, 0.25) is 27.7 Å². The molecule has 7 rings (SSSR count). The summed E-state index contributed by atoms with van der Waals surface area (Å²) in [6.07, 6.45) is 6.80. The maximum atomic E-state index is 15.0. The Hall–Kier alpha value is -4.51. The number of pyridine rings is 1. The number of carbonyl (C=O) groups is 4. The molecule has 2 saturated carbocycles. The molecule has 15 nitrogen and oxygen atoms in total. The van der Waals surface area contributed by atoms with Crippen LogP contribution in [0.15, 0.2) is 42.6 Å². The number of hydrogen-bond donors (Lipinski definition) is 3. The van der Waals surface area contributed by atoms with Crippen molar-refractivity contribution < 1.29 is 46.2 Å². The predicted molar refractivity (Wildman–Crippen MR) is 222 cm³/mol. The van der Waals surface area contributed by atoms with Crippen LogP contribution >= 0.6 is 0 Å². The van der Waals surface area contributed by atoms with Crippen LogP contribution in [0.5, 0.6) is 5.88 Å². The molecule has 4 heterocycles. The maximum Gasteiger partial charge on any atom is 0.408 e. The number of rotatable bonds is 9. The van der Waals surface area contributed by atoms with Crippen molar-refractivity contribution in [3.05, 3.63) is 42.6 Å². The van der Waals surface area contributed by atoms with Crippen LogP contribution in [0.3, 0.4) is 0 Å². The first kappa shape index (κ1) is 43.6. The molecule has 5 aliphatic rings. The molecule has 17 heteroatoms. The molecule has 1 aromatic heterocycles. The first-order chi connectivity index (χ1) is 28.5. The molecule has 1 aromatic carbocycles. The quantitative estimate of drug-likeness (QED) is 0.301. The molecule has 2 saturated heterocycles. The van der Waals surface area contributed by atoms with Gasteiger partial charge in [0.25, 0.3) is 5.91 Å². The number of fused-ring (bicyclic) bond motifs is 3. The normalized spacial score (nSPS) is 30.2. The lowest BCUT2D eigenvalue weighted by atomic mass is 9.85. The number of aromatic nitrogens is 1. The fourth-order valence-electron chi connectivity index (χ4n) is 8.86. The summed E-state index contributed by atoms with van der Waals surface area (Å²) in [6.45, 7) is 10.7. The van der Waals surface area contributed by atoms with Crippen LogP contribution in [0.25, 0.3) is 10.8 Å². The summed E-state index contributed by atoms with van der Waals surface area (Å²) < 4.78 is 58.7. The Labute approximate surface area is 351 Å². The summed E-state index contributed by atoms with van der Waals surface area (Å²) in [7, 11) is -4.39. The van der Waals surface area contributed by atoms with Crippen molar-refractivity contribution in [3.63, 3.8) is 0 Å². The number of nitrogens with zero attached hydrogens (tertiary/aromatic N) is 3. The van der Waals surface area contributed by atoms with Crippen LogP contribution < -0.4 is 25.0 Å². The van der Waals surface area contributed by atoms with E-state index in [-0.39, 0.29) is 44.1 Å². The Morgan fingerprint density at radius 2 is 1.82 bits per heavy atom. The van der Waals surface area contributed by atoms with Gasteiger partial charge in [-0.3, -0.25) is 19.1 Å². The second kappa shape index (κ2) is 17.1. The summed E-state index contributed by atoms with van der Waals surface area (Å²) in [4.78, 5) is 65.5. The fraction of sp³-hybridized carbons (Fsp3) is 0.651. The highest BCUT2D eigenvalue weighted by Crippen LogP contribution is 2.48. The molecule has 328 valence electrons. The van der Waals surface area contributed by atoms with E-state index in [0.717, 1.165) is 22.9 Å². The van der Waals surface area contributed by atoms with E-state index in [1.54, 1.807) is 27.0 Å². The van der Waals surface area contributed by atoms with E-state index in [0.29, 0.717) is 51.4 Å². The fourth-order valence-corrected chi connectivity index (χ4v) is 10.3. The first-order valence-electron chi connectivity index (χ1n) is 21.3. The number of allylic oxidation sites excluding steroid dienone is 1. The summed E-state index contributed by atoms with van der Waals surface area (Å²) in [5.74, 6) is -2.56. The summed E-state index contributed by atoms with van der Waals surface area (Å²) >= 11 is 0. The number of ether oxygens (including phenoxy) is 3. The Morgan fingerprint density at radius 3 is 2.48 bits per heavy atom. The second-order valence-electron chi connectivity index (χ2n) is 18.2. The molecule has 0 radical (unpaired) electrons. The van der Waals surface area contributed by atoms with Crippen molar-refractivity contribution in [1.82, 2.24) is 25.2 Å². The van der Waals surface area contributed by atoms with Gasteiger partial charge in [-0.15, -0.1) is 0 Å². The van der Waals surface area contributed by atoms with E-state index < -0.39 is 80.5 Å². The highest BCUT2D eigenvalue weighted by molar-refractivity contribution is 7.91. The Morgan fingerprint density at radius 1 is 1.10 bits per heavy atom. The molecule has 0 unspecified atom stereocenters. The van der Waals surface area contributed by atoms with Crippen molar-refractivity contribution in [2.24, 2.45) is 17.8 Å². The molecule has 4 fully saturated rings. The van der Waals surface area contributed by atoms with Gasteiger partial charge in [-0.2, -0.15) is 0 Å². The Bertz CT molecular complexity index is 2100. The van der Waals surface area contributed by atoms with Gasteiger partial charge in [-0.25, -0.2) is 22.6 Å². The van der Waals surface area contributed by atoms with Gasteiger partial charge < -0.3 is 34.6 Å². The number of halogens is 1. The Balaban J connectivity index is 1.23. The molecule has 2 aliphatic carbocycles. The molecule has 0 spiro atoms. The van der Waals surface area contributed by atoms with Crippen molar-refractivity contribution in [3.8, 4) is 5.88 Å². The topological polar surface area (TPSA) is 186 Å². The third-order valence-electron chi connectivity index (χ3n) is 12.7. The zero-order chi connectivity index (χ0) is 43.0. The van der Waals surface area contributed by atoms with Gasteiger partial charge in [0, 0.05) is 36.2 Å². The van der Waals surface area contributed by atoms with Crippen LogP contribution in [0.2, 0.25) is 0 Å². The van der Waals surface area contributed by atoms with E-state index in [9.17, 15) is 27.2 Å². The van der Waals surface area contributed by atoms with Gasteiger partial charge in [-0.1, -0.05) is 50.6 Å². The standard InChI is InChI=1S/C43H59FN6O9S/c1-6-28-21-27(2)11-7-8-12-29-23-43(29,39(53)48-60(55,56)42(26-44)15-16-42)47-36(51)33-22-30(25-50(33)38(52)35(28)46-40(54)59-41(3,4)5)58-37-32-14-10-9-13-31(32)34(24-45-37)49-17-19-57-20-18-49/h8-10,12-14,24,27-30,33,35H,6-7,11,15-23,25-26H2,1-5H3,(H,46,54)(H,47,51)(H,48,53)/b12-8-/t27-,28+,29+,30+,33-,35-,43+/m0/s1.